The lowest BCUT2D eigenvalue weighted by atomic mass is 9.82. The predicted molar refractivity (Wildman–Crippen MR) is 76.3 cm³/mol. The van der Waals surface area contributed by atoms with E-state index in [0.29, 0.717) is 11.5 Å². The maximum Gasteiger partial charge on any atom is 0.128 e. The molecule has 1 N–H and O–H groups in total. The van der Waals surface area contributed by atoms with Crippen LogP contribution in [0.15, 0.2) is 18.2 Å². The van der Waals surface area contributed by atoms with Crippen molar-refractivity contribution in [3.63, 3.8) is 0 Å². The van der Waals surface area contributed by atoms with Gasteiger partial charge in [-0.1, -0.05) is 13.3 Å². The Balaban J connectivity index is 1.76. The monoisotopic (exact) mass is 279 g/mol. The Labute approximate surface area is 119 Å². The summed E-state index contributed by atoms with van der Waals surface area (Å²) in [5, 5.41) is 3.35. The molecule has 2 fully saturated rings. The first-order valence-electron chi connectivity index (χ1n) is 7.85. The second kappa shape index (κ2) is 5.80. The lowest BCUT2D eigenvalue weighted by Crippen LogP contribution is -2.26. The lowest BCUT2D eigenvalue weighted by Gasteiger charge is -2.27. The van der Waals surface area contributed by atoms with E-state index in [0.717, 1.165) is 24.8 Å². The number of hydrogen-bond acceptors (Lipinski definition) is 1. The molecule has 3 rings (SSSR count). The number of benzene rings is 1. The van der Waals surface area contributed by atoms with Gasteiger partial charge in [0, 0.05) is 11.6 Å². The minimum atomic E-state index is -0.350. The van der Waals surface area contributed by atoms with Crippen molar-refractivity contribution >= 4 is 0 Å². The molecule has 110 valence electrons. The molecule has 2 saturated carbocycles. The van der Waals surface area contributed by atoms with Crippen LogP contribution in [0.2, 0.25) is 0 Å². The van der Waals surface area contributed by atoms with E-state index in [-0.39, 0.29) is 17.7 Å². The van der Waals surface area contributed by atoms with Gasteiger partial charge in [0.05, 0.1) is 0 Å². The van der Waals surface area contributed by atoms with Crippen molar-refractivity contribution in [1.82, 2.24) is 5.32 Å². The number of hydrogen-bond donors (Lipinski definition) is 1. The van der Waals surface area contributed by atoms with Gasteiger partial charge < -0.3 is 5.32 Å². The fourth-order valence-electron chi connectivity index (χ4n) is 4.32. The van der Waals surface area contributed by atoms with Crippen molar-refractivity contribution in [3.8, 4) is 0 Å². The van der Waals surface area contributed by atoms with Gasteiger partial charge >= 0.3 is 0 Å². The maximum absolute atomic E-state index is 14.0. The molecule has 0 amide bonds. The van der Waals surface area contributed by atoms with Crippen LogP contribution in [0.3, 0.4) is 0 Å². The first-order chi connectivity index (χ1) is 9.67. The number of nitrogens with one attached hydrogen (secondary N) is 1. The standard InChI is InChI=1S/C17H23F2N/c1-2-20-17(15-10-14(18)5-6-16(15)19)9-13-8-11-3-4-12(13)7-11/h5-6,10-13,17,20H,2-4,7-9H2,1H3. The largest absolute Gasteiger partial charge is 0.310 e. The van der Waals surface area contributed by atoms with Gasteiger partial charge in [-0.15, -0.1) is 0 Å². The molecule has 1 aromatic carbocycles. The van der Waals surface area contributed by atoms with Gasteiger partial charge in [-0.3, -0.25) is 0 Å². The molecule has 0 spiro atoms. The average molecular weight is 279 g/mol. The van der Waals surface area contributed by atoms with Crippen molar-refractivity contribution in [3.05, 3.63) is 35.4 Å². The van der Waals surface area contributed by atoms with Crippen LogP contribution in [0.25, 0.3) is 0 Å². The van der Waals surface area contributed by atoms with Crippen LogP contribution in [0.1, 0.15) is 50.6 Å². The molecule has 0 saturated heterocycles. The zero-order chi connectivity index (χ0) is 14.1. The van der Waals surface area contributed by atoms with Gasteiger partial charge in [0.25, 0.3) is 0 Å². The molecule has 2 bridgehead atoms. The summed E-state index contributed by atoms with van der Waals surface area (Å²) in [6, 6.07) is 3.74. The lowest BCUT2D eigenvalue weighted by molar-refractivity contribution is 0.278. The highest BCUT2D eigenvalue weighted by molar-refractivity contribution is 5.22. The van der Waals surface area contributed by atoms with Crippen molar-refractivity contribution in [2.75, 3.05) is 6.54 Å². The van der Waals surface area contributed by atoms with Crippen LogP contribution in [0, 0.1) is 29.4 Å². The number of halogens is 2. The van der Waals surface area contributed by atoms with Gasteiger partial charge in [-0.05, 0) is 68.2 Å². The molecular weight excluding hydrogens is 256 g/mol. The third-order valence-electron chi connectivity index (χ3n) is 5.21. The van der Waals surface area contributed by atoms with E-state index in [1.54, 1.807) is 0 Å². The minimum Gasteiger partial charge on any atom is -0.310 e. The first kappa shape index (κ1) is 14.0. The summed E-state index contributed by atoms with van der Waals surface area (Å²) in [6.07, 6.45) is 6.29. The van der Waals surface area contributed by atoms with E-state index in [1.807, 2.05) is 6.92 Å². The molecule has 2 aliphatic rings. The highest BCUT2D eigenvalue weighted by Crippen LogP contribution is 2.51. The minimum absolute atomic E-state index is 0.0555. The van der Waals surface area contributed by atoms with Gasteiger partial charge in [0.1, 0.15) is 11.6 Å². The molecular formula is C17H23F2N. The quantitative estimate of drug-likeness (QED) is 0.840. The van der Waals surface area contributed by atoms with E-state index >= 15 is 0 Å². The molecule has 1 aromatic rings. The summed E-state index contributed by atoms with van der Waals surface area (Å²) in [5.41, 5.74) is 0.495. The van der Waals surface area contributed by atoms with Crippen LogP contribution >= 0.6 is 0 Å². The molecule has 1 nitrogen and oxygen atoms in total. The van der Waals surface area contributed by atoms with Gasteiger partial charge in [0.15, 0.2) is 0 Å². The second-order valence-electron chi connectivity index (χ2n) is 6.45. The average Bonchev–Trinajstić information content (AvgIpc) is 3.03. The predicted octanol–water partition coefficient (Wildman–Crippen LogP) is 4.44. The SMILES string of the molecule is CCNC(CC1CC2CCC1C2)c1cc(F)ccc1F. The number of rotatable bonds is 5. The Morgan fingerprint density at radius 2 is 2.10 bits per heavy atom. The summed E-state index contributed by atoms with van der Waals surface area (Å²) < 4.78 is 27.4. The Kier molecular flexibility index (Phi) is 4.06. The van der Waals surface area contributed by atoms with Crippen molar-refractivity contribution in [2.24, 2.45) is 17.8 Å². The van der Waals surface area contributed by atoms with Crippen molar-refractivity contribution < 1.29 is 8.78 Å². The van der Waals surface area contributed by atoms with E-state index in [4.69, 9.17) is 0 Å². The van der Waals surface area contributed by atoms with Crippen molar-refractivity contribution in [1.29, 1.82) is 0 Å². The van der Waals surface area contributed by atoms with Crippen LogP contribution in [-0.2, 0) is 0 Å². The molecule has 0 aromatic heterocycles. The van der Waals surface area contributed by atoms with Crippen LogP contribution in [0.4, 0.5) is 8.78 Å². The van der Waals surface area contributed by atoms with Gasteiger partial charge in [-0.2, -0.15) is 0 Å². The van der Waals surface area contributed by atoms with Crippen molar-refractivity contribution in [2.45, 2.75) is 45.1 Å². The van der Waals surface area contributed by atoms with Crippen LogP contribution in [0.5, 0.6) is 0 Å². The Hall–Kier alpha value is -0.960. The first-order valence-corrected chi connectivity index (χ1v) is 7.85. The summed E-state index contributed by atoms with van der Waals surface area (Å²) in [6.45, 7) is 2.80. The highest BCUT2D eigenvalue weighted by atomic mass is 19.1. The molecule has 0 radical (unpaired) electrons. The third-order valence-corrected chi connectivity index (χ3v) is 5.21. The summed E-state index contributed by atoms with van der Waals surface area (Å²) in [7, 11) is 0. The van der Waals surface area contributed by atoms with Gasteiger partial charge in [-0.25, -0.2) is 8.78 Å². The molecule has 0 heterocycles. The van der Waals surface area contributed by atoms with E-state index in [9.17, 15) is 8.78 Å². The van der Waals surface area contributed by atoms with E-state index < -0.39 is 0 Å². The molecule has 2 aliphatic carbocycles. The second-order valence-corrected chi connectivity index (χ2v) is 6.45. The summed E-state index contributed by atoms with van der Waals surface area (Å²) >= 11 is 0. The third kappa shape index (κ3) is 2.73. The molecule has 0 aliphatic heterocycles. The van der Waals surface area contributed by atoms with E-state index in [2.05, 4.69) is 5.32 Å². The summed E-state index contributed by atoms with van der Waals surface area (Å²) in [4.78, 5) is 0. The highest BCUT2D eigenvalue weighted by Gasteiger charge is 2.40. The Morgan fingerprint density at radius 3 is 2.75 bits per heavy atom. The molecule has 3 heteroatoms. The topological polar surface area (TPSA) is 12.0 Å². The normalized spacial score (nSPS) is 29.9. The molecule has 20 heavy (non-hydrogen) atoms. The smallest absolute Gasteiger partial charge is 0.128 e. The van der Waals surface area contributed by atoms with Crippen LogP contribution in [-0.4, -0.2) is 6.54 Å². The number of fused-ring (bicyclic) bond motifs is 2. The molecule has 4 atom stereocenters. The summed E-state index contributed by atoms with van der Waals surface area (Å²) in [5.74, 6) is 1.75. The zero-order valence-electron chi connectivity index (χ0n) is 12.0. The van der Waals surface area contributed by atoms with Crippen LogP contribution < -0.4 is 5.32 Å². The fourth-order valence-corrected chi connectivity index (χ4v) is 4.32. The van der Waals surface area contributed by atoms with E-state index in [1.165, 1.54) is 43.9 Å². The Morgan fingerprint density at radius 1 is 1.25 bits per heavy atom. The molecule has 4 unspecified atom stereocenters. The zero-order valence-corrected chi connectivity index (χ0v) is 12.0. The Bertz CT molecular complexity index is 474. The fraction of sp³-hybridized carbons (Fsp3) is 0.647. The maximum atomic E-state index is 14.0. The van der Waals surface area contributed by atoms with Gasteiger partial charge in [0.2, 0.25) is 0 Å².